The third kappa shape index (κ3) is 2.22. The van der Waals surface area contributed by atoms with Crippen molar-refractivity contribution < 1.29 is 4.74 Å². The third-order valence-corrected chi connectivity index (χ3v) is 3.23. The molecule has 0 aromatic carbocycles. The van der Waals surface area contributed by atoms with Crippen LogP contribution in [-0.4, -0.2) is 42.8 Å². The van der Waals surface area contributed by atoms with Crippen LogP contribution in [0.25, 0.3) is 0 Å². The number of nitrogens with zero attached hydrogens (tertiary/aromatic N) is 1. The standard InChI is InChI=1S/C10H20N2O/c1-8-6-10(3-5-13-8)12-4-2-9(11)7-12/h8-10H,2-7,11H2,1H3. The van der Waals surface area contributed by atoms with Gasteiger partial charge in [0.05, 0.1) is 6.10 Å². The maximum Gasteiger partial charge on any atom is 0.0561 e. The molecule has 76 valence electrons. The molecule has 0 radical (unpaired) electrons. The number of nitrogens with two attached hydrogens (primary N) is 1. The van der Waals surface area contributed by atoms with Crippen LogP contribution in [-0.2, 0) is 4.74 Å². The molecular weight excluding hydrogens is 164 g/mol. The fourth-order valence-electron chi connectivity index (χ4n) is 2.45. The van der Waals surface area contributed by atoms with Crippen LogP contribution in [0.2, 0.25) is 0 Å². The van der Waals surface area contributed by atoms with E-state index in [2.05, 4.69) is 11.8 Å². The molecule has 2 N–H and O–H groups in total. The molecule has 3 nitrogen and oxygen atoms in total. The zero-order chi connectivity index (χ0) is 9.26. The molecular formula is C10H20N2O. The first-order valence-electron chi connectivity index (χ1n) is 5.37. The third-order valence-electron chi connectivity index (χ3n) is 3.23. The Kier molecular flexibility index (Phi) is 2.86. The predicted molar refractivity (Wildman–Crippen MR) is 52.6 cm³/mol. The van der Waals surface area contributed by atoms with Gasteiger partial charge in [0.25, 0.3) is 0 Å². The Labute approximate surface area is 80.2 Å². The molecule has 0 spiro atoms. The van der Waals surface area contributed by atoms with Crippen LogP contribution >= 0.6 is 0 Å². The molecule has 3 atom stereocenters. The molecule has 0 amide bonds. The van der Waals surface area contributed by atoms with Gasteiger partial charge in [-0.3, -0.25) is 4.90 Å². The van der Waals surface area contributed by atoms with Crippen molar-refractivity contribution in [1.82, 2.24) is 4.90 Å². The monoisotopic (exact) mass is 184 g/mol. The van der Waals surface area contributed by atoms with E-state index in [1.807, 2.05) is 0 Å². The molecule has 0 saturated carbocycles. The van der Waals surface area contributed by atoms with Gasteiger partial charge in [-0.25, -0.2) is 0 Å². The Morgan fingerprint density at radius 2 is 2.23 bits per heavy atom. The molecule has 13 heavy (non-hydrogen) atoms. The number of hydrogen-bond donors (Lipinski definition) is 1. The van der Waals surface area contributed by atoms with Crippen LogP contribution in [0.5, 0.6) is 0 Å². The molecule has 2 saturated heterocycles. The summed E-state index contributed by atoms with van der Waals surface area (Å²) < 4.78 is 5.54. The average Bonchev–Trinajstić information content (AvgIpc) is 2.52. The Morgan fingerprint density at radius 3 is 2.85 bits per heavy atom. The van der Waals surface area contributed by atoms with E-state index in [1.54, 1.807) is 0 Å². The zero-order valence-corrected chi connectivity index (χ0v) is 8.41. The van der Waals surface area contributed by atoms with E-state index in [-0.39, 0.29) is 0 Å². The maximum absolute atomic E-state index is 5.89. The zero-order valence-electron chi connectivity index (χ0n) is 8.41. The quantitative estimate of drug-likeness (QED) is 0.648. The highest BCUT2D eigenvalue weighted by Crippen LogP contribution is 2.22. The average molecular weight is 184 g/mol. The molecule has 2 rings (SSSR count). The van der Waals surface area contributed by atoms with Crippen LogP contribution < -0.4 is 5.73 Å². The molecule has 3 unspecified atom stereocenters. The summed E-state index contributed by atoms with van der Waals surface area (Å²) in [6.45, 7) is 5.38. The summed E-state index contributed by atoms with van der Waals surface area (Å²) >= 11 is 0. The lowest BCUT2D eigenvalue weighted by Gasteiger charge is -2.34. The second kappa shape index (κ2) is 3.95. The lowest BCUT2D eigenvalue weighted by atomic mass is 10.0. The van der Waals surface area contributed by atoms with Gasteiger partial charge in [0, 0.05) is 31.8 Å². The van der Waals surface area contributed by atoms with Crippen LogP contribution in [0, 0.1) is 0 Å². The molecule has 0 aliphatic carbocycles. The van der Waals surface area contributed by atoms with E-state index in [0.717, 1.165) is 19.2 Å². The van der Waals surface area contributed by atoms with Crippen LogP contribution in [0.3, 0.4) is 0 Å². The van der Waals surface area contributed by atoms with Gasteiger partial charge in [0.15, 0.2) is 0 Å². The van der Waals surface area contributed by atoms with Gasteiger partial charge in [0.2, 0.25) is 0 Å². The minimum absolute atomic E-state index is 0.415. The van der Waals surface area contributed by atoms with E-state index < -0.39 is 0 Å². The number of ether oxygens (including phenoxy) is 1. The highest BCUT2D eigenvalue weighted by molar-refractivity contribution is 4.85. The normalized spacial score (nSPS) is 42.5. The summed E-state index contributed by atoms with van der Waals surface area (Å²) in [7, 11) is 0. The minimum Gasteiger partial charge on any atom is -0.378 e. The molecule has 2 fully saturated rings. The first kappa shape index (κ1) is 9.44. The maximum atomic E-state index is 5.89. The van der Waals surface area contributed by atoms with Gasteiger partial charge < -0.3 is 10.5 Å². The van der Waals surface area contributed by atoms with Crippen molar-refractivity contribution in [1.29, 1.82) is 0 Å². The Bertz CT molecular complexity index is 174. The Morgan fingerprint density at radius 1 is 1.38 bits per heavy atom. The van der Waals surface area contributed by atoms with Crippen LogP contribution in [0.1, 0.15) is 26.2 Å². The van der Waals surface area contributed by atoms with Gasteiger partial charge in [0.1, 0.15) is 0 Å². The van der Waals surface area contributed by atoms with E-state index in [9.17, 15) is 0 Å². The summed E-state index contributed by atoms with van der Waals surface area (Å²) in [5.41, 5.74) is 5.89. The van der Waals surface area contributed by atoms with Crippen molar-refractivity contribution >= 4 is 0 Å². The molecule has 2 heterocycles. The van der Waals surface area contributed by atoms with Crippen LogP contribution in [0.15, 0.2) is 0 Å². The smallest absolute Gasteiger partial charge is 0.0561 e. The minimum atomic E-state index is 0.415. The van der Waals surface area contributed by atoms with E-state index in [0.29, 0.717) is 12.1 Å². The Balaban J connectivity index is 1.85. The van der Waals surface area contributed by atoms with Crippen molar-refractivity contribution in [2.24, 2.45) is 5.73 Å². The predicted octanol–water partition coefficient (Wildman–Crippen LogP) is 0.587. The van der Waals surface area contributed by atoms with Crippen molar-refractivity contribution in [3.8, 4) is 0 Å². The highest BCUT2D eigenvalue weighted by atomic mass is 16.5. The summed E-state index contributed by atoms with van der Waals surface area (Å²) in [5.74, 6) is 0. The molecule has 0 aromatic heterocycles. The first-order valence-corrected chi connectivity index (χ1v) is 5.37. The van der Waals surface area contributed by atoms with Crippen molar-refractivity contribution in [2.75, 3.05) is 19.7 Å². The van der Waals surface area contributed by atoms with Gasteiger partial charge in [-0.05, 0) is 26.2 Å². The summed E-state index contributed by atoms with van der Waals surface area (Å²) in [6.07, 6.45) is 3.99. The van der Waals surface area contributed by atoms with E-state index in [4.69, 9.17) is 10.5 Å². The molecule has 0 bridgehead atoms. The van der Waals surface area contributed by atoms with Crippen molar-refractivity contribution in [2.45, 2.75) is 44.4 Å². The van der Waals surface area contributed by atoms with E-state index in [1.165, 1.54) is 25.8 Å². The van der Waals surface area contributed by atoms with Crippen molar-refractivity contribution in [3.63, 3.8) is 0 Å². The number of rotatable bonds is 1. The van der Waals surface area contributed by atoms with Gasteiger partial charge >= 0.3 is 0 Å². The SMILES string of the molecule is CC1CC(N2CCC(N)C2)CCO1. The molecule has 2 aliphatic heterocycles. The lowest BCUT2D eigenvalue weighted by molar-refractivity contribution is -0.0124. The van der Waals surface area contributed by atoms with Gasteiger partial charge in [-0.15, -0.1) is 0 Å². The van der Waals surface area contributed by atoms with Gasteiger partial charge in [-0.1, -0.05) is 0 Å². The highest BCUT2D eigenvalue weighted by Gasteiger charge is 2.29. The first-order chi connectivity index (χ1) is 6.25. The fourth-order valence-corrected chi connectivity index (χ4v) is 2.45. The summed E-state index contributed by atoms with van der Waals surface area (Å²) in [5, 5.41) is 0. The fraction of sp³-hybridized carbons (Fsp3) is 1.00. The van der Waals surface area contributed by atoms with Crippen LogP contribution in [0.4, 0.5) is 0 Å². The molecule has 3 heteroatoms. The lowest BCUT2D eigenvalue weighted by Crippen LogP contribution is -2.41. The Hall–Kier alpha value is -0.120. The van der Waals surface area contributed by atoms with E-state index >= 15 is 0 Å². The van der Waals surface area contributed by atoms with Gasteiger partial charge in [-0.2, -0.15) is 0 Å². The molecule has 2 aliphatic rings. The number of likely N-dealkylation sites (tertiary alicyclic amines) is 1. The summed E-state index contributed by atoms with van der Waals surface area (Å²) in [6, 6.07) is 1.15. The second-order valence-electron chi connectivity index (χ2n) is 4.40. The second-order valence-corrected chi connectivity index (χ2v) is 4.40. The van der Waals surface area contributed by atoms with Crippen molar-refractivity contribution in [3.05, 3.63) is 0 Å². The largest absolute Gasteiger partial charge is 0.378 e. The summed E-state index contributed by atoms with van der Waals surface area (Å²) in [4.78, 5) is 2.55. The number of hydrogen-bond acceptors (Lipinski definition) is 3. The topological polar surface area (TPSA) is 38.5 Å². The molecule has 0 aromatic rings.